The molecule has 2 rings (SSSR count). The van der Waals surface area contributed by atoms with E-state index in [4.69, 9.17) is 19.3 Å². The van der Waals surface area contributed by atoms with E-state index in [1.54, 1.807) is 6.07 Å². The van der Waals surface area contributed by atoms with Crippen molar-refractivity contribution >= 4 is 11.9 Å². The SMILES string of the molecule is COc1cc(C(=O)O)ccc1CCNC(=O)c1cc(OC)c(OC)cc1F. The minimum atomic E-state index is -1.06. The average molecular weight is 377 g/mol. The van der Waals surface area contributed by atoms with Crippen LogP contribution in [0.25, 0.3) is 0 Å². The lowest BCUT2D eigenvalue weighted by molar-refractivity contribution is 0.0696. The van der Waals surface area contributed by atoms with Crippen LogP contribution in [0.2, 0.25) is 0 Å². The largest absolute Gasteiger partial charge is 0.496 e. The number of nitrogens with one attached hydrogen (secondary N) is 1. The molecule has 8 heteroatoms. The summed E-state index contributed by atoms with van der Waals surface area (Å²) in [5.41, 5.74) is 0.656. The highest BCUT2D eigenvalue weighted by molar-refractivity contribution is 5.95. The maximum absolute atomic E-state index is 14.1. The Kier molecular flexibility index (Phi) is 6.59. The summed E-state index contributed by atoms with van der Waals surface area (Å²) in [7, 11) is 4.20. The summed E-state index contributed by atoms with van der Waals surface area (Å²) in [4.78, 5) is 23.3. The van der Waals surface area contributed by atoms with Gasteiger partial charge in [0.15, 0.2) is 11.5 Å². The van der Waals surface area contributed by atoms with Crippen LogP contribution in [0, 0.1) is 5.82 Å². The smallest absolute Gasteiger partial charge is 0.335 e. The summed E-state index contributed by atoms with van der Waals surface area (Å²) in [5.74, 6) is -1.55. The van der Waals surface area contributed by atoms with Gasteiger partial charge in [-0.05, 0) is 30.2 Å². The molecule has 0 saturated heterocycles. The number of hydrogen-bond acceptors (Lipinski definition) is 5. The molecule has 0 bridgehead atoms. The molecular weight excluding hydrogens is 357 g/mol. The molecule has 0 unspecified atom stereocenters. The molecule has 2 aromatic rings. The Bertz CT molecular complexity index is 852. The minimum absolute atomic E-state index is 0.104. The molecule has 0 aliphatic rings. The zero-order valence-electron chi connectivity index (χ0n) is 15.2. The van der Waals surface area contributed by atoms with Gasteiger partial charge in [-0.15, -0.1) is 0 Å². The Morgan fingerprint density at radius 2 is 1.63 bits per heavy atom. The highest BCUT2D eigenvalue weighted by Gasteiger charge is 2.17. The lowest BCUT2D eigenvalue weighted by atomic mass is 10.1. The molecule has 2 N–H and O–H groups in total. The topological polar surface area (TPSA) is 94.1 Å². The second-order valence-electron chi connectivity index (χ2n) is 5.52. The van der Waals surface area contributed by atoms with Crippen molar-refractivity contribution in [2.45, 2.75) is 6.42 Å². The van der Waals surface area contributed by atoms with Crippen molar-refractivity contribution in [2.75, 3.05) is 27.9 Å². The van der Waals surface area contributed by atoms with E-state index in [1.807, 2.05) is 0 Å². The van der Waals surface area contributed by atoms with Crippen LogP contribution in [-0.4, -0.2) is 44.9 Å². The predicted octanol–water partition coefficient (Wildman–Crippen LogP) is 2.52. The van der Waals surface area contributed by atoms with Gasteiger partial charge in [-0.3, -0.25) is 4.79 Å². The van der Waals surface area contributed by atoms with Crippen molar-refractivity contribution < 1.29 is 33.3 Å². The van der Waals surface area contributed by atoms with Crippen molar-refractivity contribution in [3.63, 3.8) is 0 Å². The maximum atomic E-state index is 14.1. The van der Waals surface area contributed by atoms with Gasteiger partial charge in [0, 0.05) is 12.6 Å². The summed E-state index contributed by atoms with van der Waals surface area (Å²) in [6.07, 6.45) is 0.379. The molecule has 0 aliphatic carbocycles. The van der Waals surface area contributed by atoms with Crippen LogP contribution < -0.4 is 19.5 Å². The second kappa shape index (κ2) is 8.88. The average Bonchev–Trinajstić information content (AvgIpc) is 2.67. The molecular formula is C19H20FNO6. The molecule has 2 aromatic carbocycles. The molecule has 0 aromatic heterocycles. The van der Waals surface area contributed by atoms with Gasteiger partial charge < -0.3 is 24.6 Å². The van der Waals surface area contributed by atoms with Gasteiger partial charge in [0.25, 0.3) is 5.91 Å². The van der Waals surface area contributed by atoms with E-state index in [1.165, 1.54) is 39.5 Å². The van der Waals surface area contributed by atoms with E-state index in [-0.39, 0.29) is 29.2 Å². The van der Waals surface area contributed by atoms with Crippen LogP contribution in [0.15, 0.2) is 30.3 Å². The first-order valence-electron chi connectivity index (χ1n) is 8.01. The highest BCUT2D eigenvalue weighted by Crippen LogP contribution is 2.29. The molecule has 0 heterocycles. The third kappa shape index (κ3) is 4.66. The van der Waals surface area contributed by atoms with Crippen molar-refractivity contribution in [1.82, 2.24) is 5.32 Å². The lowest BCUT2D eigenvalue weighted by Gasteiger charge is -2.12. The molecule has 0 saturated carbocycles. The summed E-state index contributed by atoms with van der Waals surface area (Å²) >= 11 is 0. The van der Waals surface area contributed by atoms with Gasteiger partial charge in [-0.1, -0.05) is 6.07 Å². The second-order valence-corrected chi connectivity index (χ2v) is 5.52. The Morgan fingerprint density at radius 1 is 1.00 bits per heavy atom. The van der Waals surface area contributed by atoms with Gasteiger partial charge in [0.1, 0.15) is 11.6 Å². The number of halogens is 1. The zero-order valence-corrected chi connectivity index (χ0v) is 15.2. The summed E-state index contributed by atoms with van der Waals surface area (Å²) in [5, 5.41) is 11.6. The monoisotopic (exact) mass is 377 g/mol. The van der Waals surface area contributed by atoms with Crippen molar-refractivity contribution in [2.24, 2.45) is 0 Å². The molecule has 0 spiro atoms. The number of rotatable bonds is 8. The maximum Gasteiger partial charge on any atom is 0.335 e. The molecule has 27 heavy (non-hydrogen) atoms. The summed E-state index contributed by atoms with van der Waals surface area (Å²) in [6.45, 7) is 0.204. The number of benzene rings is 2. The number of hydrogen-bond donors (Lipinski definition) is 2. The fourth-order valence-corrected chi connectivity index (χ4v) is 2.52. The van der Waals surface area contributed by atoms with Crippen LogP contribution in [-0.2, 0) is 6.42 Å². The van der Waals surface area contributed by atoms with Gasteiger partial charge in [0.05, 0.1) is 32.5 Å². The van der Waals surface area contributed by atoms with Crippen LogP contribution >= 0.6 is 0 Å². The minimum Gasteiger partial charge on any atom is -0.496 e. The fraction of sp³-hybridized carbons (Fsp3) is 0.263. The third-order valence-electron chi connectivity index (χ3n) is 3.93. The van der Waals surface area contributed by atoms with E-state index in [2.05, 4.69) is 5.32 Å². The van der Waals surface area contributed by atoms with E-state index in [0.29, 0.717) is 12.2 Å². The Morgan fingerprint density at radius 3 is 2.22 bits per heavy atom. The normalized spacial score (nSPS) is 10.2. The fourth-order valence-electron chi connectivity index (χ4n) is 2.52. The highest BCUT2D eigenvalue weighted by atomic mass is 19.1. The number of carboxylic acid groups (broad SMARTS) is 1. The van der Waals surface area contributed by atoms with E-state index in [9.17, 15) is 14.0 Å². The Hall–Kier alpha value is -3.29. The number of carbonyl (C=O) groups excluding carboxylic acids is 1. The molecule has 0 aliphatic heterocycles. The Balaban J connectivity index is 2.07. The molecule has 1 amide bonds. The van der Waals surface area contributed by atoms with Crippen LogP contribution in [0.3, 0.4) is 0 Å². The van der Waals surface area contributed by atoms with Crippen LogP contribution in [0.5, 0.6) is 17.2 Å². The number of carbonyl (C=O) groups is 2. The number of carboxylic acids is 1. The predicted molar refractivity (Wildman–Crippen MR) is 95.5 cm³/mol. The number of ether oxygens (including phenoxy) is 3. The first-order chi connectivity index (χ1) is 12.9. The Labute approximate surface area is 155 Å². The quantitative estimate of drug-likeness (QED) is 0.734. The standard InChI is InChI=1S/C19H20FNO6/c1-25-15-8-12(19(23)24)5-4-11(15)6-7-21-18(22)13-9-16(26-2)17(27-3)10-14(13)20/h4-5,8-10H,6-7H2,1-3H3,(H,21,22)(H,23,24). The van der Waals surface area contributed by atoms with Crippen LogP contribution in [0.1, 0.15) is 26.3 Å². The van der Waals surface area contributed by atoms with E-state index in [0.717, 1.165) is 11.6 Å². The first kappa shape index (κ1) is 20.0. The number of aromatic carboxylic acids is 1. The lowest BCUT2D eigenvalue weighted by Crippen LogP contribution is -2.26. The zero-order chi connectivity index (χ0) is 20.0. The first-order valence-corrected chi connectivity index (χ1v) is 8.01. The van der Waals surface area contributed by atoms with E-state index < -0.39 is 17.7 Å². The van der Waals surface area contributed by atoms with Gasteiger partial charge in [-0.2, -0.15) is 0 Å². The molecule has 7 nitrogen and oxygen atoms in total. The number of amides is 1. The van der Waals surface area contributed by atoms with Gasteiger partial charge in [-0.25, -0.2) is 9.18 Å². The third-order valence-corrected chi connectivity index (χ3v) is 3.93. The van der Waals surface area contributed by atoms with Crippen molar-refractivity contribution in [3.8, 4) is 17.2 Å². The van der Waals surface area contributed by atoms with Crippen molar-refractivity contribution in [3.05, 3.63) is 52.8 Å². The molecule has 0 atom stereocenters. The molecule has 0 fully saturated rings. The number of methoxy groups -OCH3 is 3. The summed E-state index contributed by atoms with van der Waals surface area (Å²) < 4.78 is 29.4. The van der Waals surface area contributed by atoms with E-state index >= 15 is 0 Å². The molecule has 0 radical (unpaired) electrons. The summed E-state index contributed by atoms with van der Waals surface area (Å²) in [6, 6.07) is 6.84. The van der Waals surface area contributed by atoms with Crippen molar-refractivity contribution in [1.29, 1.82) is 0 Å². The molecule has 144 valence electrons. The van der Waals surface area contributed by atoms with Gasteiger partial charge in [0.2, 0.25) is 0 Å². The van der Waals surface area contributed by atoms with Crippen LogP contribution in [0.4, 0.5) is 4.39 Å². The van der Waals surface area contributed by atoms with Gasteiger partial charge >= 0.3 is 5.97 Å².